The van der Waals surface area contributed by atoms with E-state index in [4.69, 9.17) is 9.47 Å². The van der Waals surface area contributed by atoms with Crippen molar-refractivity contribution in [3.8, 4) is 0 Å². The first-order valence-corrected chi connectivity index (χ1v) is 3.38. The molecule has 1 saturated heterocycles. The smallest absolute Gasteiger partial charge is 0.352 e. The number of alkyl halides is 3. The molecule has 0 radical (unpaired) electrons. The maximum atomic E-state index is 11.7. The summed E-state index contributed by atoms with van der Waals surface area (Å²) in [6.07, 6.45) is -5.60. The minimum Gasteiger partial charge on any atom is -0.352 e. The second kappa shape index (κ2) is 3.40. The highest BCUT2D eigenvalue weighted by molar-refractivity contribution is 4.57. The van der Waals surface area contributed by atoms with Gasteiger partial charge in [-0.25, -0.2) is 0 Å². The molecule has 0 aromatic carbocycles. The molecular formula is C6H9F3O2. The minimum atomic E-state index is -4.19. The molecule has 11 heavy (non-hydrogen) atoms. The van der Waals surface area contributed by atoms with Crippen molar-refractivity contribution in [3.05, 3.63) is 0 Å². The average Bonchev–Trinajstić information content (AvgIpc) is 1.85. The van der Waals surface area contributed by atoms with E-state index in [1.807, 2.05) is 0 Å². The Kier molecular flexibility index (Phi) is 2.72. The molecule has 0 N–H and O–H groups in total. The average molecular weight is 170 g/mol. The zero-order valence-corrected chi connectivity index (χ0v) is 5.86. The van der Waals surface area contributed by atoms with E-state index < -0.39 is 18.9 Å². The summed E-state index contributed by atoms with van der Waals surface area (Å²) in [6.45, 7) is 0.724. The Bertz CT molecular complexity index is 117. The predicted octanol–water partition coefficient (Wildman–Crippen LogP) is 1.70. The highest BCUT2D eigenvalue weighted by atomic mass is 19.4. The van der Waals surface area contributed by atoms with Gasteiger partial charge in [0, 0.05) is 0 Å². The van der Waals surface area contributed by atoms with Gasteiger partial charge in [0.1, 0.15) is 0 Å². The molecular weight excluding hydrogens is 161 g/mol. The SMILES string of the molecule is FC(F)(F)CC1OCCCO1. The van der Waals surface area contributed by atoms with Crippen LogP contribution in [0.15, 0.2) is 0 Å². The molecule has 1 fully saturated rings. The third-order valence-corrected chi connectivity index (χ3v) is 1.29. The second-order valence-corrected chi connectivity index (χ2v) is 2.34. The standard InChI is InChI=1S/C6H9F3O2/c7-6(8,9)4-5-10-2-1-3-11-5/h5H,1-4H2. The van der Waals surface area contributed by atoms with Crippen LogP contribution in [0.25, 0.3) is 0 Å². The molecule has 2 nitrogen and oxygen atoms in total. The highest BCUT2D eigenvalue weighted by Gasteiger charge is 2.33. The summed E-state index contributed by atoms with van der Waals surface area (Å²) in [5.74, 6) is 0. The van der Waals surface area contributed by atoms with E-state index in [0.29, 0.717) is 19.6 Å². The van der Waals surface area contributed by atoms with E-state index in [0.717, 1.165) is 0 Å². The first-order chi connectivity index (χ1) is 5.08. The molecule has 1 aliphatic heterocycles. The Morgan fingerprint density at radius 2 is 1.73 bits per heavy atom. The van der Waals surface area contributed by atoms with Crippen LogP contribution in [0.5, 0.6) is 0 Å². The van der Waals surface area contributed by atoms with Crippen LogP contribution in [0.4, 0.5) is 13.2 Å². The van der Waals surface area contributed by atoms with E-state index in [-0.39, 0.29) is 0 Å². The zero-order chi connectivity index (χ0) is 8.32. The van der Waals surface area contributed by atoms with Crippen molar-refractivity contribution in [2.75, 3.05) is 13.2 Å². The van der Waals surface area contributed by atoms with Crippen LogP contribution in [-0.2, 0) is 9.47 Å². The van der Waals surface area contributed by atoms with E-state index in [9.17, 15) is 13.2 Å². The van der Waals surface area contributed by atoms with Crippen molar-refractivity contribution >= 4 is 0 Å². The summed E-state index contributed by atoms with van der Waals surface area (Å²) in [6, 6.07) is 0. The number of ether oxygens (including phenoxy) is 2. The van der Waals surface area contributed by atoms with E-state index in [1.165, 1.54) is 0 Å². The fourth-order valence-corrected chi connectivity index (χ4v) is 0.843. The summed E-state index contributed by atoms with van der Waals surface area (Å²) < 4.78 is 44.5. The topological polar surface area (TPSA) is 18.5 Å². The van der Waals surface area contributed by atoms with E-state index in [1.54, 1.807) is 0 Å². The molecule has 0 atom stereocenters. The molecule has 66 valence electrons. The van der Waals surface area contributed by atoms with Gasteiger partial charge in [-0.2, -0.15) is 13.2 Å². The quantitative estimate of drug-likeness (QED) is 0.596. The van der Waals surface area contributed by atoms with Crippen LogP contribution < -0.4 is 0 Å². The molecule has 0 saturated carbocycles. The fourth-order valence-electron chi connectivity index (χ4n) is 0.843. The van der Waals surface area contributed by atoms with Crippen LogP contribution in [-0.4, -0.2) is 25.7 Å². The lowest BCUT2D eigenvalue weighted by Crippen LogP contribution is -2.29. The van der Waals surface area contributed by atoms with Crippen molar-refractivity contribution < 1.29 is 22.6 Å². The van der Waals surface area contributed by atoms with Crippen LogP contribution in [0.1, 0.15) is 12.8 Å². The van der Waals surface area contributed by atoms with Crippen LogP contribution in [0.2, 0.25) is 0 Å². The summed E-state index contributed by atoms with van der Waals surface area (Å²) in [5, 5.41) is 0. The molecule has 0 bridgehead atoms. The molecule has 0 aromatic rings. The zero-order valence-electron chi connectivity index (χ0n) is 5.86. The van der Waals surface area contributed by atoms with Crippen molar-refractivity contribution in [3.63, 3.8) is 0 Å². The second-order valence-electron chi connectivity index (χ2n) is 2.34. The normalized spacial score (nSPS) is 22.1. The largest absolute Gasteiger partial charge is 0.393 e. The third kappa shape index (κ3) is 3.57. The van der Waals surface area contributed by atoms with Crippen molar-refractivity contribution in [1.29, 1.82) is 0 Å². The lowest BCUT2D eigenvalue weighted by atomic mass is 10.3. The van der Waals surface area contributed by atoms with Crippen molar-refractivity contribution in [1.82, 2.24) is 0 Å². The molecule has 0 spiro atoms. The van der Waals surface area contributed by atoms with Gasteiger partial charge in [-0.05, 0) is 6.42 Å². The number of hydrogen-bond donors (Lipinski definition) is 0. The highest BCUT2D eigenvalue weighted by Crippen LogP contribution is 2.24. The molecule has 0 aromatic heterocycles. The first-order valence-electron chi connectivity index (χ1n) is 3.38. The molecule has 5 heteroatoms. The van der Waals surface area contributed by atoms with Crippen molar-refractivity contribution in [2.45, 2.75) is 25.3 Å². The Hall–Kier alpha value is -0.290. The van der Waals surface area contributed by atoms with Gasteiger partial charge < -0.3 is 9.47 Å². The Morgan fingerprint density at radius 1 is 1.18 bits per heavy atom. The number of hydrogen-bond acceptors (Lipinski definition) is 2. The summed E-state index contributed by atoms with van der Waals surface area (Å²) in [5.41, 5.74) is 0. The molecule has 1 rings (SSSR count). The molecule has 1 heterocycles. The lowest BCUT2D eigenvalue weighted by Gasteiger charge is -2.23. The van der Waals surface area contributed by atoms with E-state index >= 15 is 0 Å². The fraction of sp³-hybridized carbons (Fsp3) is 1.00. The van der Waals surface area contributed by atoms with Crippen LogP contribution in [0.3, 0.4) is 0 Å². The molecule has 0 unspecified atom stereocenters. The van der Waals surface area contributed by atoms with Gasteiger partial charge in [-0.15, -0.1) is 0 Å². The number of halogens is 3. The minimum absolute atomic E-state index is 0.362. The summed E-state index contributed by atoms with van der Waals surface area (Å²) in [7, 11) is 0. The Balaban J connectivity index is 2.24. The van der Waals surface area contributed by atoms with Crippen LogP contribution >= 0.6 is 0 Å². The maximum Gasteiger partial charge on any atom is 0.393 e. The third-order valence-electron chi connectivity index (χ3n) is 1.29. The van der Waals surface area contributed by atoms with Gasteiger partial charge in [0.15, 0.2) is 6.29 Å². The van der Waals surface area contributed by atoms with Gasteiger partial charge in [0.25, 0.3) is 0 Å². The molecule has 0 aliphatic carbocycles. The number of rotatable bonds is 1. The van der Waals surface area contributed by atoms with Gasteiger partial charge >= 0.3 is 6.18 Å². The lowest BCUT2D eigenvalue weighted by molar-refractivity contribution is -0.239. The van der Waals surface area contributed by atoms with Crippen molar-refractivity contribution in [2.24, 2.45) is 0 Å². The monoisotopic (exact) mass is 170 g/mol. The Morgan fingerprint density at radius 3 is 2.18 bits per heavy atom. The summed E-state index contributed by atoms with van der Waals surface area (Å²) >= 11 is 0. The molecule has 0 amide bonds. The van der Waals surface area contributed by atoms with Gasteiger partial charge in [0.2, 0.25) is 0 Å². The molecule has 1 aliphatic rings. The maximum absolute atomic E-state index is 11.7. The van der Waals surface area contributed by atoms with Gasteiger partial charge in [-0.3, -0.25) is 0 Å². The van der Waals surface area contributed by atoms with Crippen LogP contribution in [0, 0.1) is 0 Å². The van der Waals surface area contributed by atoms with Gasteiger partial charge in [-0.1, -0.05) is 0 Å². The van der Waals surface area contributed by atoms with E-state index in [2.05, 4.69) is 0 Å². The Labute approximate surface area is 62.3 Å². The first kappa shape index (κ1) is 8.80. The van der Waals surface area contributed by atoms with Gasteiger partial charge in [0.05, 0.1) is 19.6 Å². The predicted molar refractivity (Wildman–Crippen MR) is 31.0 cm³/mol. The summed E-state index contributed by atoms with van der Waals surface area (Å²) in [4.78, 5) is 0.